The summed E-state index contributed by atoms with van der Waals surface area (Å²) in [6.45, 7) is 11.7. The number of benzene rings is 2. The second kappa shape index (κ2) is 14.0. The fourth-order valence-corrected chi connectivity index (χ4v) is 6.41. The Morgan fingerprint density at radius 1 is 0.809 bits per heavy atom. The van der Waals surface area contributed by atoms with Crippen LogP contribution in [0.2, 0.25) is 0 Å². The Hall–Kier alpha value is -4.59. The maximum absolute atomic E-state index is 13.6. The van der Waals surface area contributed by atoms with Crippen molar-refractivity contribution in [3.63, 3.8) is 0 Å². The Balaban J connectivity index is 1.26. The van der Waals surface area contributed by atoms with E-state index in [1.165, 1.54) is 18.8 Å². The van der Waals surface area contributed by atoms with E-state index in [1.54, 1.807) is 0 Å². The molecule has 0 amide bonds. The van der Waals surface area contributed by atoms with Crippen molar-refractivity contribution in [2.75, 3.05) is 6.61 Å². The van der Waals surface area contributed by atoms with E-state index in [4.69, 9.17) is 27.9 Å². The first kappa shape index (κ1) is 33.8. The van der Waals surface area contributed by atoms with Crippen LogP contribution in [0, 0.1) is 0 Å². The van der Waals surface area contributed by atoms with Gasteiger partial charge in [0.1, 0.15) is 36.3 Å². The minimum absolute atomic E-state index is 0.0258. The van der Waals surface area contributed by atoms with Crippen molar-refractivity contribution in [2.24, 2.45) is 5.73 Å². The zero-order valence-corrected chi connectivity index (χ0v) is 27.9. The molecule has 0 unspecified atom stereocenters. The van der Waals surface area contributed by atoms with Crippen LogP contribution in [0.3, 0.4) is 0 Å². The van der Waals surface area contributed by atoms with Crippen LogP contribution in [-0.4, -0.2) is 35.9 Å². The average Bonchev–Trinajstić information content (AvgIpc) is 3.83. The van der Waals surface area contributed by atoms with Gasteiger partial charge in [0.05, 0.1) is 6.61 Å². The van der Waals surface area contributed by atoms with Crippen LogP contribution in [0.15, 0.2) is 79.4 Å². The van der Waals surface area contributed by atoms with Crippen LogP contribution >= 0.6 is 0 Å². The zero-order chi connectivity index (χ0) is 33.9. The van der Waals surface area contributed by atoms with Crippen molar-refractivity contribution >= 4 is 16.1 Å². The smallest absolute Gasteiger partial charge is 0.360 e. The molecular formula is C34H38N4O8S. The highest BCUT2D eigenvalue weighted by Gasteiger charge is 2.29. The first-order valence-corrected chi connectivity index (χ1v) is 16.7. The van der Waals surface area contributed by atoms with Gasteiger partial charge >= 0.3 is 5.97 Å². The summed E-state index contributed by atoms with van der Waals surface area (Å²) in [5, 5.41) is 0. The Bertz CT molecular complexity index is 1910. The van der Waals surface area contributed by atoms with Crippen molar-refractivity contribution in [3.05, 3.63) is 95.1 Å². The largest absolute Gasteiger partial charge is 0.456 e. The maximum Gasteiger partial charge on any atom is 0.360 e. The van der Waals surface area contributed by atoms with Crippen molar-refractivity contribution in [2.45, 2.75) is 76.8 Å². The molecule has 0 aliphatic heterocycles. The lowest BCUT2D eigenvalue weighted by molar-refractivity contribution is 0.0465. The molecule has 47 heavy (non-hydrogen) atoms. The molecule has 3 aromatic heterocycles. The molecule has 0 saturated carbocycles. The number of nitrogens with zero attached hydrogens (tertiary/aromatic N) is 3. The summed E-state index contributed by atoms with van der Waals surface area (Å²) in [6.07, 6.45) is 3.73. The Morgan fingerprint density at radius 2 is 1.40 bits per heavy atom. The van der Waals surface area contributed by atoms with Gasteiger partial charge in [-0.1, -0.05) is 84.0 Å². The summed E-state index contributed by atoms with van der Waals surface area (Å²) < 4.78 is 54.5. The number of aromatic nitrogens is 3. The fraction of sp³-hybridized carbons (Fsp3) is 0.353. The predicted molar refractivity (Wildman–Crippen MR) is 172 cm³/mol. The predicted octanol–water partition coefficient (Wildman–Crippen LogP) is 7.12. The van der Waals surface area contributed by atoms with Crippen LogP contribution in [-0.2, 0) is 25.6 Å². The summed E-state index contributed by atoms with van der Waals surface area (Å²) in [4.78, 5) is 25.4. The number of esters is 1. The second-order valence-electron chi connectivity index (χ2n) is 12.0. The third-order valence-electron chi connectivity index (χ3n) is 7.44. The molecule has 0 fully saturated rings. The molecular weight excluding hydrogens is 624 g/mol. The van der Waals surface area contributed by atoms with E-state index in [1.807, 2.05) is 70.2 Å². The lowest BCUT2D eigenvalue weighted by Crippen LogP contribution is -2.22. The Labute approximate surface area is 273 Å². The van der Waals surface area contributed by atoms with Crippen LogP contribution in [0.1, 0.15) is 104 Å². The average molecular weight is 663 g/mol. The third kappa shape index (κ3) is 7.70. The molecule has 5 rings (SSSR count). The second-order valence-corrected chi connectivity index (χ2v) is 13.6. The number of ether oxygens (including phenoxy) is 1. The molecule has 0 bridgehead atoms. The van der Waals surface area contributed by atoms with Gasteiger partial charge in [0.2, 0.25) is 17.7 Å². The van der Waals surface area contributed by atoms with E-state index in [2.05, 4.69) is 28.8 Å². The van der Waals surface area contributed by atoms with E-state index < -0.39 is 28.7 Å². The molecule has 3 heterocycles. The first-order valence-electron chi connectivity index (χ1n) is 15.2. The van der Waals surface area contributed by atoms with Crippen molar-refractivity contribution < 1.29 is 35.4 Å². The fourth-order valence-electron chi connectivity index (χ4n) is 4.80. The molecule has 12 nitrogen and oxygen atoms in total. The van der Waals surface area contributed by atoms with E-state index in [0.29, 0.717) is 11.1 Å². The molecule has 5 aromatic rings. The number of carbonyl (C=O) groups is 1. The summed E-state index contributed by atoms with van der Waals surface area (Å²) in [5.74, 6) is -0.395. The SMILES string of the molecule is CC(C)c1cc(C(C)C)c(S(=O)(=O)OC[C@H](N)c2nc(-c3nc(-c4nc(C(=O)OCc5ccccc5)co4)co3)co2)c(C(C)C)c1. The van der Waals surface area contributed by atoms with Gasteiger partial charge in [-0.05, 0) is 40.0 Å². The minimum Gasteiger partial charge on any atom is -0.456 e. The summed E-state index contributed by atoms with van der Waals surface area (Å²) in [6, 6.07) is 12.1. The quantitative estimate of drug-likeness (QED) is 0.100. The van der Waals surface area contributed by atoms with Gasteiger partial charge in [0, 0.05) is 0 Å². The van der Waals surface area contributed by atoms with Crippen LogP contribution in [0.4, 0.5) is 0 Å². The highest BCUT2D eigenvalue weighted by molar-refractivity contribution is 7.86. The molecule has 0 saturated heterocycles. The van der Waals surface area contributed by atoms with E-state index in [-0.39, 0.29) is 64.0 Å². The molecule has 0 spiro atoms. The number of oxazole rings is 3. The normalized spacial score (nSPS) is 12.7. The number of hydrogen-bond acceptors (Lipinski definition) is 12. The summed E-state index contributed by atoms with van der Waals surface area (Å²) >= 11 is 0. The van der Waals surface area contributed by atoms with Gasteiger partial charge in [-0.25, -0.2) is 19.7 Å². The standard InChI is InChI=1S/C34H38N4O8S/c1-19(2)23-12-24(20(3)4)30(25(13-23)21(5)6)47(40,41)46-15-26(35)31-36-27(16-42-31)32-37-28(17-43-32)33-38-29(18-44-33)34(39)45-14-22-10-8-7-9-11-22/h7-13,16-21,26H,14-15,35H2,1-6H3/t26-/m0/s1. The van der Waals surface area contributed by atoms with Crippen LogP contribution in [0.25, 0.3) is 23.2 Å². The number of carbonyl (C=O) groups excluding carboxylic acids is 1. The first-order chi connectivity index (χ1) is 22.3. The van der Waals surface area contributed by atoms with Gasteiger partial charge in [-0.15, -0.1) is 0 Å². The van der Waals surface area contributed by atoms with Crippen LogP contribution in [0.5, 0.6) is 0 Å². The Kier molecular flexibility index (Phi) is 10.1. The number of nitrogens with two attached hydrogens (primary N) is 1. The lowest BCUT2D eigenvalue weighted by Gasteiger charge is -2.22. The highest BCUT2D eigenvalue weighted by atomic mass is 32.2. The number of hydrogen-bond donors (Lipinski definition) is 1. The van der Waals surface area contributed by atoms with Gasteiger partial charge in [-0.3, -0.25) is 4.18 Å². The lowest BCUT2D eigenvalue weighted by atomic mass is 9.89. The van der Waals surface area contributed by atoms with Crippen molar-refractivity contribution in [1.29, 1.82) is 0 Å². The summed E-state index contributed by atoms with van der Waals surface area (Å²) in [7, 11) is -4.18. The maximum atomic E-state index is 13.6. The molecule has 1 atom stereocenters. The molecule has 0 radical (unpaired) electrons. The van der Waals surface area contributed by atoms with E-state index in [9.17, 15) is 13.2 Å². The molecule has 2 aromatic carbocycles. The molecule has 0 aliphatic carbocycles. The third-order valence-corrected chi connectivity index (χ3v) is 8.86. The Morgan fingerprint density at radius 3 is 2.04 bits per heavy atom. The van der Waals surface area contributed by atoms with E-state index in [0.717, 1.165) is 11.1 Å². The van der Waals surface area contributed by atoms with Crippen molar-refractivity contribution in [3.8, 4) is 23.2 Å². The monoisotopic (exact) mass is 662 g/mol. The van der Waals surface area contributed by atoms with Gasteiger partial charge in [-0.2, -0.15) is 8.42 Å². The van der Waals surface area contributed by atoms with Gasteiger partial charge in [0.15, 0.2) is 17.1 Å². The molecule has 13 heteroatoms. The molecule has 248 valence electrons. The van der Waals surface area contributed by atoms with Crippen LogP contribution < -0.4 is 5.73 Å². The summed E-state index contributed by atoms with van der Waals surface area (Å²) in [5.41, 5.74) is 9.94. The van der Waals surface area contributed by atoms with E-state index >= 15 is 0 Å². The highest BCUT2D eigenvalue weighted by Crippen LogP contribution is 2.36. The number of rotatable bonds is 13. The van der Waals surface area contributed by atoms with Gasteiger partial charge in [0.25, 0.3) is 10.1 Å². The topological polar surface area (TPSA) is 174 Å². The zero-order valence-electron chi connectivity index (χ0n) is 27.1. The molecule has 0 aliphatic rings. The van der Waals surface area contributed by atoms with Crippen molar-refractivity contribution in [1.82, 2.24) is 15.0 Å². The molecule has 2 N–H and O–H groups in total. The van der Waals surface area contributed by atoms with Gasteiger partial charge < -0.3 is 23.7 Å². The minimum atomic E-state index is -4.18.